The summed E-state index contributed by atoms with van der Waals surface area (Å²) in [5.74, 6) is -1.29. The number of aliphatic hydroxyl groups excluding tert-OH is 1. The second-order valence-corrected chi connectivity index (χ2v) is 5.15. The fraction of sp³-hybridized carbons (Fsp3) is 0.214. The van der Waals surface area contributed by atoms with Gasteiger partial charge < -0.3 is 15.1 Å². The maximum atomic E-state index is 12.5. The SMILES string of the molecule is Cc1ncsc1C(=O)N(CCO)c1ccc(C(=O)O)cc1. The van der Waals surface area contributed by atoms with Crippen LogP contribution in [-0.2, 0) is 0 Å². The van der Waals surface area contributed by atoms with Crippen LogP contribution in [0.3, 0.4) is 0 Å². The molecule has 0 aliphatic rings. The Bertz CT molecular complexity index is 651. The van der Waals surface area contributed by atoms with Gasteiger partial charge in [-0.05, 0) is 31.2 Å². The van der Waals surface area contributed by atoms with Gasteiger partial charge in [0, 0.05) is 12.2 Å². The standard InChI is InChI=1S/C14H14N2O4S/c1-9-12(21-8-15-9)13(18)16(6-7-17)11-4-2-10(3-5-11)14(19)20/h2-5,8,17H,6-7H2,1H3,(H,19,20). The number of carbonyl (C=O) groups is 2. The summed E-state index contributed by atoms with van der Waals surface area (Å²) in [4.78, 5) is 29.3. The van der Waals surface area contributed by atoms with Gasteiger partial charge in [-0.25, -0.2) is 9.78 Å². The maximum absolute atomic E-state index is 12.5. The highest BCUT2D eigenvalue weighted by molar-refractivity contribution is 7.12. The third kappa shape index (κ3) is 3.26. The number of amides is 1. The number of aromatic nitrogens is 1. The van der Waals surface area contributed by atoms with Crippen LogP contribution < -0.4 is 4.90 Å². The Morgan fingerprint density at radius 2 is 1.95 bits per heavy atom. The number of carbonyl (C=O) groups excluding carboxylic acids is 1. The van der Waals surface area contributed by atoms with Crippen molar-refractivity contribution in [3.05, 3.63) is 45.9 Å². The molecule has 2 N–H and O–H groups in total. The Morgan fingerprint density at radius 1 is 1.29 bits per heavy atom. The summed E-state index contributed by atoms with van der Waals surface area (Å²) in [6.07, 6.45) is 0. The maximum Gasteiger partial charge on any atom is 0.335 e. The van der Waals surface area contributed by atoms with E-state index >= 15 is 0 Å². The molecule has 110 valence electrons. The number of aliphatic hydroxyl groups is 1. The van der Waals surface area contributed by atoms with Gasteiger partial charge >= 0.3 is 5.97 Å². The largest absolute Gasteiger partial charge is 0.478 e. The van der Waals surface area contributed by atoms with Crippen molar-refractivity contribution in [2.24, 2.45) is 0 Å². The minimum Gasteiger partial charge on any atom is -0.478 e. The molecule has 7 heteroatoms. The summed E-state index contributed by atoms with van der Waals surface area (Å²) in [6, 6.07) is 5.95. The monoisotopic (exact) mass is 306 g/mol. The van der Waals surface area contributed by atoms with Crippen LogP contribution in [0.2, 0.25) is 0 Å². The minimum absolute atomic E-state index is 0.128. The lowest BCUT2D eigenvalue weighted by atomic mass is 10.2. The number of hydrogen-bond acceptors (Lipinski definition) is 5. The van der Waals surface area contributed by atoms with Gasteiger partial charge in [0.2, 0.25) is 0 Å². The first-order valence-electron chi connectivity index (χ1n) is 6.20. The number of rotatable bonds is 5. The summed E-state index contributed by atoms with van der Waals surface area (Å²) in [6.45, 7) is 1.68. The molecule has 0 bridgehead atoms. The van der Waals surface area contributed by atoms with Gasteiger partial charge in [0.25, 0.3) is 5.91 Å². The van der Waals surface area contributed by atoms with Crippen molar-refractivity contribution >= 4 is 28.9 Å². The Labute approximate surface area is 125 Å². The van der Waals surface area contributed by atoms with E-state index < -0.39 is 5.97 Å². The smallest absolute Gasteiger partial charge is 0.335 e. The number of aryl methyl sites for hydroxylation is 1. The minimum atomic E-state index is -1.03. The van der Waals surface area contributed by atoms with Crippen LogP contribution >= 0.6 is 11.3 Å². The molecule has 2 rings (SSSR count). The van der Waals surface area contributed by atoms with Crippen molar-refractivity contribution < 1.29 is 19.8 Å². The molecule has 0 spiro atoms. The molecule has 1 aromatic carbocycles. The Hall–Kier alpha value is -2.25. The molecule has 0 radical (unpaired) electrons. The van der Waals surface area contributed by atoms with E-state index in [9.17, 15) is 9.59 Å². The van der Waals surface area contributed by atoms with E-state index in [-0.39, 0.29) is 24.6 Å². The quantitative estimate of drug-likeness (QED) is 0.879. The number of anilines is 1. The lowest BCUT2D eigenvalue weighted by Gasteiger charge is -2.21. The highest BCUT2D eigenvalue weighted by Gasteiger charge is 2.21. The molecule has 1 amide bonds. The normalized spacial score (nSPS) is 10.4. The van der Waals surface area contributed by atoms with Crippen molar-refractivity contribution in [2.45, 2.75) is 6.92 Å². The van der Waals surface area contributed by atoms with Gasteiger partial charge in [-0.15, -0.1) is 11.3 Å². The van der Waals surface area contributed by atoms with Crippen molar-refractivity contribution in [3.63, 3.8) is 0 Å². The van der Waals surface area contributed by atoms with Crippen LogP contribution in [-0.4, -0.2) is 40.2 Å². The lowest BCUT2D eigenvalue weighted by molar-refractivity contribution is 0.0696. The summed E-state index contributed by atoms with van der Waals surface area (Å²) >= 11 is 1.24. The molecular formula is C14H14N2O4S. The number of thiazole rings is 1. The lowest BCUT2D eigenvalue weighted by Crippen LogP contribution is -2.33. The van der Waals surface area contributed by atoms with E-state index in [4.69, 9.17) is 10.2 Å². The van der Waals surface area contributed by atoms with E-state index in [1.807, 2.05) is 0 Å². The molecule has 0 saturated carbocycles. The average molecular weight is 306 g/mol. The molecular weight excluding hydrogens is 292 g/mol. The van der Waals surface area contributed by atoms with Gasteiger partial charge in [0.1, 0.15) is 4.88 Å². The molecule has 1 aromatic heterocycles. The van der Waals surface area contributed by atoms with E-state index in [0.29, 0.717) is 16.3 Å². The molecule has 0 saturated heterocycles. The van der Waals surface area contributed by atoms with Gasteiger partial charge in [-0.1, -0.05) is 0 Å². The van der Waals surface area contributed by atoms with Crippen LogP contribution in [0, 0.1) is 6.92 Å². The summed E-state index contributed by atoms with van der Waals surface area (Å²) in [5.41, 5.74) is 2.90. The van der Waals surface area contributed by atoms with Gasteiger partial charge in [-0.2, -0.15) is 0 Å². The third-order valence-corrected chi connectivity index (χ3v) is 3.85. The highest BCUT2D eigenvalue weighted by Crippen LogP contribution is 2.21. The van der Waals surface area contributed by atoms with Gasteiger partial charge in [0.05, 0.1) is 23.4 Å². The van der Waals surface area contributed by atoms with Crippen molar-refractivity contribution in [2.75, 3.05) is 18.1 Å². The average Bonchev–Trinajstić information content (AvgIpc) is 2.90. The zero-order valence-electron chi connectivity index (χ0n) is 11.3. The van der Waals surface area contributed by atoms with Crippen LogP contribution in [0.25, 0.3) is 0 Å². The summed E-state index contributed by atoms with van der Waals surface area (Å²) in [5, 5.41) is 18.0. The molecule has 1 heterocycles. The highest BCUT2D eigenvalue weighted by atomic mass is 32.1. The van der Waals surface area contributed by atoms with Gasteiger partial charge in [-0.3, -0.25) is 4.79 Å². The summed E-state index contributed by atoms with van der Waals surface area (Å²) in [7, 11) is 0. The fourth-order valence-electron chi connectivity index (χ4n) is 1.86. The number of nitrogens with zero attached hydrogens (tertiary/aromatic N) is 2. The molecule has 6 nitrogen and oxygen atoms in total. The van der Waals surface area contributed by atoms with Crippen molar-refractivity contribution in [3.8, 4) is 0 Å². The number of hydrogen-bond donors (Lipinski definition) is 2. The molecule has 0 aliphatic carbocycles. The molecule has 0 fully saturated rings. The zero-order chi connectivity index (χ0) is 15.4. The van der Waals surface area contributed by atoms with Crippen molar-refractivity contribution in [1.82, 2.24) is 4.98 Å². The molecule has 0 atom stereocenters. The Morgan fingerprint density at radius 3 is 2.43 bits per heavy atom. The second kappa shape index (κ2) is 6.47. The molecule has 21 heavy (non-hydrogen) atoms. The first-order chi connectivity index (χ1) is 10.0. The van der Waals surface area contributed by atoms with E-state index in [1.165, 1.54) is 28.4 Å². The van der Waals surface area contributed by atoms with Gasteiger partial charge in [0.15, 0.2) is 0 Å². The van der Waals surface area contributed by atoms with Crippen molar-refractivity contribution in [1.29, 1.82) is 0 Å². The fourth-order valence-corrected chi connectivity index (χ4v) is 2.61. The zero-order valence-corrected chi connectivity index (χ0v) is 12.1. The van der Waals surface area contributed by atoms with Crippen LogP contribution in [0.4, 0.5) is 5.69 Å². The first kappa shape index (κ1) is 15.1. The van der Waals surface area contributed by atoms with Crippen LogP contribution in [0.5, 0.6) is 0 Å². The number of benzene rings is 1. The Kier molecular flexibility index (Phi) is 4.66. The molecule has 0 aliphatic heterocycles. The van der Waals surface area contributed by atoms with Crippen LogP contribution in [0.15, 0.2) is 29.8 Å². The topological polar surface area (TPSA) is 90.7 Å². The van der Waals surface area contributed by atoms with Crippen LogP contribution in [0.1, 0.15) is 25.7 Å². The summed E-state index contributed by atoms with van der Waals surface area (Å²) < 4.78 is 0. The number of carboxylic acids is 1. The predicted molar refractivity (Wildman–Crippen MR) is 79.0 cm³/mol. The Balaban J connectivity index is 2.32. The molecule has 2 aromatic rings. The first-order valence-corrected chi connectivity index (χ1v) is 7.08. The van der Waals surface area contributed by atoms with E-state index in [0.717, 1.165) is 0 Å². The number of aromatic carboxylic acids is 1. The second-order valence-electron chi connectivity index (χ2n) is 4.30. The third-order valence-electron chi connectivity index (χ3n) is 2.93. The van der Waals surface area contributed by atoms with E-state index in [1.54, 1.807) is 24.6 Å². The predicted octanol–water partition coefficient (Wildman–Crippen LogP) is 1.79. The van der Waals surface area contributed by atoms with E-state index in [2.05, 4.69) is 4.98 Å². The number of carboxylic acid groups (broad SMARTS) is 1. The molecule has 0 unspecified atom stereocenters.